The van der Waals surface area contributed by atoms with Gasteiger partial charge in [-0.15, -0.1) is 0 Å². The molecule has 3 aliphatic carbocycles. The Morgan fingerprint density at radius 1 is 1.04 bits per heavy atom. The molecule has 4 heteroatoms. The second-order valence-electron chi connectivity index (χ2n) is 9.02. The van der Waals surface area contributed by atoms with Gasteiger partial charge in [-0.3, -0.25) is 4.79 Å². The van der Waals surface area contributed by atoms with Crippen molar-refractivity contribution in [3.8, 4) is 0 Å². The van der Waals surface area contributed by atoms with Crippen molar-refractivity contribution < 1.29 is 19.7 Å². The Kier molecular flexibility index (Phi) is 3.59. The Hall–Kier alpha value is -0.610. The van der Waals surface area contributed by atoms with Crippen molar-refractivity contribution in [3.05, 3.63) is 0 Å². The van der Waals surface area contributed by atoms with Gasteiger partial charge < -0.3 is 14.9 Å². The summed E-state index contributed by atoms with van der Waals surface area (Å²) in [5.74, 6) is 1.88. The fourth-order valence-corrected chi connectivity index (χ4v) is 6.81. The van der Waals surface area contributed by atoms with Gasteiger partial charge in [0.15, 0.2) is 0 Å². The van der Waals surface area contributed by atoms with Crippen molar-refractivity contribution in [2.45, 2.75) is 83.0 Å². The van der Waals surface area contributed by atoms with Crippen LogP contribution in [0.3, 0.4) is 0 Å². The fourth-order valence-electron chi connectivity index (χ4n) is 6.81. The van der Waals surface area contributed by atoms with Gasteiger partial charge in [-0.25, -0.2) is 0 Å². The Labute approximate surface area is 138 Å². The van der Waals surface area contributed by atoms with Gasteiger partial charge in [-0.1, -0.05) is 6.92 Å². The molecule has 0 aromatic rings. The lowest BCUT2D eigenvalue weighted by Crippen LogP contribution is -2.62. The van der Waals surface area contributed by atoms with E-state index >= 15 is 0 Å². The number of ether oxygens (including phenoxy) is 1. The number of carbonyl (C=O) groups excluding carboxylic acids is 1. The van der Waals surface area contributed by atoms with Crippen molar-refractivity contribution in [3.63, 3.8) is 0 Å². The maximum absolute atomic E-state index is 11.8. The molecule has 23 heavy (non-hydrogen) atoms. The largest absolute Gasteiger partial charge is 0.459 e. The zero-order valence-corrected chi connectivity index (χ0v) is 14.3. The predicted molar refractivity (Wildman–Crippen MR) is 85.5 cm³/mol. The number of esters is 1. The number of fused-ring (bicyclic) bond motifs is 5. The number of rotatable bonds is 0. The second-order valence-corrected chi connectivity index (χ2v) is 9.02. The number of aliphatic hydroxyl groups excluding tert-OH is 2. The molecule has 8 atom stereocenters. The van der Waals surface area contributed by atoms with Crippen LogP contribution in [0.2, 0.25) is 0 Å². The molecule has 0 aromatic carbocycles. The van der Waals surface area contributed by atoms with Crippen LogP contribution in [0.15, 0.2) is 0 Å². The van der Waals surface area contributed by atoms with Crippen LogP contribution >= 0.6 is 0 Å². The summed E-state index contributed by atoms with van der Waals surface area (Å²) in [6.45, 7) is 4.39. The standard InChI is InChI=1S/C19H30O4/c1-18-8-7-15-13(14(18)5-6-17(22)23-18)4-3-11-9-12(20)10-16(21)19(11,15)2/h11-16,20-21H,3-10H2,1-2H3/t11-,12-,13-,14-,15-,16+,18-,19-/m0/s1. The molecular formula is C19H30O4. The lowest BCUT2D eigenvalue weighted by molar-refractivity contribution is -0.219. The SMILES string of the molecule is C[C@]12[C@@H](CC[C@@H]3[C@@H]1CC[C@]1(C)OC(=O)CC[C@@H]31)C[C@H](O)C[C@H]2O. The third kappa shape index (κ3) is 2.21. The highest BCUT2D eigenvalue weighted by Crippen LogP contribution is 2.63. The van der Waals surface area contributed by atoms with E-state index in [1.54, 1.807) is 0 Å². The first kappa shape index (κ1) is 15.9. The molecule has 4 nitrogen and oxygen atoms in total. The van der Waals surface area contributed by atoms with E-state index < -0.39 is 6.10 Å². The Morgan fingerprint density at radius 2 is 1.83 bits per heavy atom. The first-order valence-electron chi connectivity index (χ1n) is 9.42. The summed E-state index contributed by atoms with van der Waals surface area (Å²) < 4.78 is 5.80. The minimum absolute atomic E-state index is 0.0390. The van der Waals surface area contributed by atoms with Crippen LogP contribution in [0, 0.1) is 29.1 Å². The van der Waals surface area contributed by atoms with Gasteiger partial charge in [-0.05, 0) is 75.0 Å². The molecule has 130 valence electrons. The third-order valence-electron chi connectivity index (χ3n) is 8.07. The highest BCUT2D eigenvalue weighted by atomic mass is 16.6. The molecule has 0 radical (unpaired) electrons. The molecule has 1 aliphatic heterocycles. The van der Waals surface area contributed by atoms with Crippen LogP contribution in [0.5, 0.6) is 0 Å². The van der Waals surface area contributed by atoms with Gasteiger partial charge in [-0.2, -0.15) is 0 Å². The van der Waals surface area contributed by atoms with E-state index in [0.717, 1.165) is 38.5 Å². The fraction of sp³-hybridized carbons (Fsp3) is 0.947. The third-order valence-corrected chi connectivity index (χ3v) is 8.07. The first-order chi connectivity index (χ1) is 10.8. The van der Waals surface area contributed by atoms with Crippen molar-refractivity contribution in [2.75, 3.05) is 0 Å². The highest BCUT2D eigenvalue weighted by molar-refractivity contribution is 5.70. The number of hydrogen-bond acceptors (Lipinski definition) is 4. The van der Waals surface area contributed by atoms with Crippen LogP contribution in [0.4, 0.5) is 0 Å². The van der Waals surface area contributed by atoms with E-state index in [1.807, 2.05) is 0 Å². The zero-order valence-electron chi connectivity index (χ0n) is 14.3. The molecule has 3 saturated carbocycles. The van der Waals surface area contributed by atoms with Crippen LogP contribution in [0.1, 0.15) is 65.2 Å². The number of carbonyl (C=O) groups is 1. The van der Waals surface area contributed by atoms with E-state index in [2.05, 4.69) is 13.8 Å². The second kappa shape index (κ2) is 5.19. The van der Waals surface area contributed by atoms with Crippen molar-refractivity contribution in [1.29, 1.82) is 0 Å². The first-order valence-corrected chi connectivity index (χ1v) is 9.42. The lowest BCUT2D eigenvalue weighted by atomic mass is 9.45. The molecule has 1 saturated heterocycles. The average Bonchev–Trinajstić information content (AvgIpc) is 2.47. The maximum atomic E-state index is 11.8. The normalized spacial score (nSPS) is 56.1. The molecule has 4 aliphatic rings. The van der Waals surface area contributed by atoms with Crippen molar-refractivity contribution in [1.82, 2.24) is 0 Å². The Balaban J connectivity index is 1.64. The van der Waals surface area contributed by atoms with Crippen LogP contribution in [0.25, 0.3) is 0 Å². The predicted octanol–water partition coefficient (Wildman–Crippen LogP) is 2.66. The summed E-state index contributed by atoms with van der Waals surface area (Å²) in [5.41, 5.74) is -0.371. The van der Waals surface area contributed by atoms with Gasteiger partial charge in [0.1, 0.15) is 5.60 Å². The molecule has 4 rings (SSSR count). The van der Waals surface area contributed by atoms with Crippen LogP contribution < -0.4 is 0 Å². The van der Waals surface area contributed by atoms with Gasteiger partial charge in [0.25, 0.3) is 0 Å². The van der Waals surface area contributed by atoms with Crippen LogP contribution in [-0.2, 0) is 9.53 Å². The van der Waals surface area contributed by atoms with E-state index in [9.17, 15) is 15.0 Å². The van der Waals surface area contributed by atoms with E-state index in [0.29, 0.717) is 36.5 Å². The number of aliphatic hydroxyl groups is 2. The number of hydrogen-bond donors (Lipinski definition) is 2. The van der Waals surface area contributed by atoms with E-state index in [4.69, 9.17) is 4.74 Å². The molecular weight excluding hydrogens is 292 g/mol. The zero-order chi connectivity index (χ0) is 16.4. The lowest BCUT2D eigenvalue weighted by Gasteiger charge is -2.62. The van der Waals surface area contributed by atoms with Crippen molar-refractivity contribution in [2.24, 2.45) is 29.1 Å². The van der Waals surface area contributed by atoms with Gasteiger partial charge >= 0.3 is 5.97 Å². The molecule has 1 heterocycles. The molecule has 0 aromatic heterocycles. The van der Waals surface area contributed by atoms with E-state index in [1.165, 1.54) is 0 Å². The average molecular weight is 322 g/mol. The van der Waals surface area contributed by atoms with E-state index in [-0.39, 0.29) is 23.1 Å². The molecule has 0 amide bonds. The highest BCUT2D eigenvalue weighted by Gasteiger charge is 2.61. The molecule has 0 unspecified atom stereocenters. The minimum atomic E-state index is -0.403. The Morgan fingerprint density at radius 3 is 2.61 bits per heavy atom. The summed E-state index contributed by atoms with van der Waals surface area (Å²) in [4.78, 5) is 11.8. The minimum Gasteiger partial charge on any atom is -0.459 e. The smallest absolute Gasteiger partial charge is 0.306 e. The quantitative estimate of drug-likeness (QED) is 0.673. The monoisotopic (exact) mass is 322 g/mol. The van der Waals surface area contributed by atoms with Gasteiger partial charge in [0.05, 0.1) is 12.2 Å². The molecule has 0 spiro atoms. The molecule has 0 bridgehead atoms. The summed E-state index contributed by atoms with van der Waals surface area (Å²) >= 11 is 0. The molecule has 2 N–H and O–H groups in total. The summed E-state index contributed by atoms with van der Waals surface area (Å²) in [5, 5.41) is 20.9. The summed E-state index contributed by atoms with van der Waals surface area (Å²) in [6.07, 6.45) is 6.30. The maximum Gasteiger partial charge on any atom is 0.306 e. The topological polar surface area (TPSA) is 66.8 Å². The Bertz CT molecular complexity index is 506. The van der Waals surface area contributed by atoms with Crippen molar-refractivity contribution >= 4 is 5.97 Å². The van der Waals surface area contributed by atoms with Gasteiger partial charge in [0, 0.05) is 12.3 Å². The van der Waals surface area contributed by atoms with Gasteiger partial charge in [0.2, 0.25) is 0 Å². The van der Waals surface area contributed by atoms with Crippen LogP contribution in [-0.4, -0.2) is 34.0 Å². The summed E-state index contributed by atoms with van der Waals surface area (Å²) in [7, 11) is 0. The summed E-state index contributed by atoms with van der Waals surface area (Å²) in [6, 6.07) is 0. The molecule has 4 fully saturated rings.